The van der Waals surface area contributed by atoms with Gasteiger partial charge in [0.25, 0.3) is 5.56 Å². The summed E-state index contributed by atoms with van der Waals surface area (Å²) in [5.41, 5.74) is 5.48. The lowest BCUT2D eigenvalue weighted by Gasteiger charge is -2.26. The highest BCUT2D eigenvalue weighted by Gasteiger charge is 2.19. The van der Waals surface area contributed by atoms with E-state index in [2.05, 4.69) is 4.98 Å². The van der Waals surface area contributed by atoms with Gasteiger partial charge in [-0.25, -0.2) is 9.18 Å². The molecule has 0 radical (unpaired) electrons. The maximum atomic E-state index is 13.0. The van der Waals surface area contributed by atoms with Crippen molar-refractivity contribution in [3.63, 3.8) is 0 Å². The predicted octanol–water partition coefficient (Wildman–Crippen LogP) is 2.16. The molecule has 1 heterocycles. The quantitative estimate of drug-likeness (QED) is 0.583. The standard InChI is InChI=1S/C19H27FN4O3S/c1-13(2)12-24-17(21)16(18(25)22-19(24)26)23(8-10-27-3)9-11-28-15-6-4-14(20)5-7-15/h4-7,13H,8-12,21H2,1-3H3,(H,22,25,26). The fourth-order valence-electron chi connectivity index (χ4n) is 2.77. The number of nitrogen functional groups attached to an aromatic ring is 1. The van der Waals surface area contributed by atoms with Gasteiger partial charge in [-0.3, -0.25) is 14.3 Å². The average molecular weight is 411 g/mol. The molecule has 2 aromatic rings. The maximum Gasteiger partial charge on any atom is 0.330 e. The summed E-state index contributed by atoms with van der Waals surface area (Å²) in [4.78, 5) is 29.8. The zero-order valence-corrected chi connectivity index (χ0v) is 17.2. The van der Waals surface area contributed by atoms with E-state index in [4.69, 9.17) is 10.5 Å². The summed E-state index contributed by atoms with van der Waals surface area (Å²) >= 11 is 1.54. The summed E-state index contributed by atoms with van der Waals surface area (Å²) in [6.45, 7) is 5.73. The number of hydrogen-bond acceptors (Lipinski definition) is 6. The average Bonchev–Trinajstić information content (AvgIpc) is 2.64. The third kappa shape index (κ3) is 5.87. The van der Waals surface area contributed by atoms with Gasteiger partial charge in [0.05, 0.1) is 6.61 Å². The molecule has 0 fully saturated rings. The van der Waals surface area contributed by atoms with Crippen LogP contribution in [0.2, 0.25) is 0 Å². The molecule has 0 aliphatic heterocycles. The van der Waals surface area contributed by atoms with Gasteiger partial charge in [-0.05, 0) is 30.2 Å². The molecule has 0 spiro atoms. The van der Waals surface area contributed by atoms with E-state index in [9.17, 15) is 14.0 Å². The molecule has 0 bridgehead atoms. The van der Waals surface area contributed by atoms with Gasteiger partial charge in [0, 0.05) is 37.4 Å². The van der Waals surface area contributed by atoms with Gasteiger partial charge < -0.3 is 15.4 Å². The third-order valence-corrected chi connectivity index (χ3v) is 5.08. The van der Waals surface area contributed by atoms with Crippen LogP contribution in [-0.2, 0) is 11.3 Å². The summed E-state index contributed by atoms with van der Waals surface area (Å²) in [6.07, 6.45) is 0. The van der Waals surface area contributed by atoms with Crippen molar-refractivity contribution in [2.75, 3.05) is 43.2 Å². The molecular weight excluding hydrogens is 383 g/mol. The van der Waals surface area contributed by atoms with Crippen molar-refractivity contribution in [1.82, 2.24) is 9.55 Å². The molecule has 1 aromatic carbocycles. The van der Waals surface area contributed by atoms with Crippen LogP contribution in [0.15, 0.2) is 38.8 Å². The van der Waals surface area contributed by atoms with E-state index in [1.807, 2.05) is 18.7 Å². The second-order valence-corrected chi connectivity index (χ2v) is 7.95. The number of H-pyrrole nitrogens is 1. The lowest BCUT2D eigenvalue weighted by Crippen LogP contribution is -2.41. The van der Waals surface area contributed by atoms with E-state index >= 15 is 0 Å². The minimum atomic E-state index is -0.509. The van der Waals surface area contributed by atoms with Crippen molar-refractivity contribution in [1.29, 1.82) is 0 Å². The largest absolute Gasteiger partial charge is 0.383 e. The Morgan fingerprint density at radius 3 is 2.54 bits per heavy atom. The second-order valence-electron chi connectivity index (χ2n) is 6.78. The van der Waals surface area contributed by atoms with Crippen LogP contribution in [0.4, 0.5) is 15.9 Å². The van der Waals surface area contributed by atoms with E-state index in [0.29, 0.717) is 32.0 Å². The first kappa shape index (κ1) is 22.0. The first-order valence-electron chi connectivity index (χ1n) is 9.08. The van der Waals surface area contributed by atoms with E-state index in [1.165, 1.54) is 16.7 Å². The number of nitrogens with two attached hydrogens (primary N) is 1. The topological polar surface area (TPSA) is 93.3 Å². The Kier molecular flexibility index (Phi) is 8.13. The summed E-state index contributed by atoms with van der Waals surface area (Å²) in [5, 5.41) is 0. The minimum Gasteiger partial charge on any atom is -0.383 e. The van der Waals surface area contributed by atoms with Crippen molar-refractivity contribution >= 4 is 23.3 Å². The molecule has 2 rings (SSSR count). The Labute approximate surface area is 167 Å². The number of aromatic amines is 1. The summed E-state index contributed by atoms with van der Waals surface area (Å²) < 4.78 is 19.6. The van der Waals surface area contributed by atoms with Gasteiger partial charge in [-0.1, -0.05) is 13.8 Å². The van der Waals surface area contributed by atoms with Gasteiger partial charge >= 0.3 is 5.69 Å². The molecule has 0 amide bonds. The molecule has 0 saturated carbocycles. The molecule has 1 aromatic heterocycles. The SMILES string of the molecule is COCCN(CCSc1ccc(F)cc1)c1c(N)n(CC(C)C)c(=O)[nH]c1=O. The Balaban J connectivity index is 2.24. The molecular formula is C19H27FN4O3S. The molecule has 0 atom stereocenters. The number of anilines is 2. The number of ether oxygens (including phenoxy) is 1. The maximum absolute atomic E-state index is 13.0. The molecule has 7 nitrogen and oxygen atoms in total. The number of nitrogens with one attached hydrogen (secondary N) is 1. The van der Waals surface area contributed by atoms with Crippen LogP contribution >= 0.6 is 11.8 Å². The van der Waals surface area contributed by atoms with Gasteiger partial charge in [-0.15, -0.1) is 11.8 Å². The van der Waals surface area contributed by atoms with E-state index in [-0.39, 0.29) is 23.2 Å². The second kappa shape index (κ2) is 10.3. The van der Waals surface area contributed by atoms with E-state index < -0.39 is 11.2 Å². The van der Waals surface area contributed by atoms with Crippen LogP contribution in [0.3, 0.4) is 0 Å². The monoisotopic (exact) mass is 410 g/mol. The van der Waals surface area contributed by atoms with Crippen LogP contribution in [0.25, 0.3) is 0 Å². The Morgan fingerprint density at radius 1 is 1.25 bits per heavy atom. The fraction of sp³-hybridized carbons (Fsp3) is 0.474. The predicted molar refractivity (Wildman–Crippen MR) is 112 cm³/mol. The smallest absolute Gasteiger partial charge is 0.330 e. The summed E-state index contributed by atoms with van der Waals surface area (Å²) in [5.74, 6) is 0.723. The molecule has 0 aliphatic carbocycles. The van der Waals surface area contributed by atoms with E-state index in [0.717, 1.165) is 4.90 Å². The molecule has 0 saturated heterocycles. The Hall–Kier alpha value is -2.26. The number of aromatic nitrogens is 2. The van der Waals surface area contributed by atoms with Crippen LogP contribution in [-0.4, -0.2) is 42.1 Å². The van der Waals surface area contributed by atoms with Gasteiger partial charge in [0.2, 0.25) is 0 Å². The zero-order chi connectivity index (χ0) is 20.7. The first-order chi connectivity index (χ1) is 13.3. The Morgan fingerprint density at radius 2 is 1.93 bits per heavy atom. The number of rotatable bonds is 10. The van der Waals surface area contributed by atoms with Crippen molar-refractivity contribution in [3.05, 3.63) is 50.9 Å². The molecule has 28 heavy (non-hydrogen) atoms. The van der Waals surface area contributed by atoms with Crippen LogP contribution in [0, 0.1) is 11.7 Å². The first-order valence-corrected chi connectivity index (χ1v) is 10.1. The minimum absolute atomic E-state index is 0.158. The van der Waals surface area contributed by atoms with Crippen molar-refractivity contribution in [3.8, 4) is 0 Å². The van der Waals surface area contributed by atoms with Crippen molar-refractivity contribution < 1.29 is 9.13 Å². The highest BCUT2D eigenvalue weighted by atomic mass is 32.2. The summed E-state index contributed by atoms with van der Waals surface area (Å²) in [6, 6.07) is 6.25. The number of halogens is 1. The number of nitrogens with zero attached hydrogens (tertiary/aromatic N) is 2. The molecule has 0 unspecified atom stereocenters. The number of benzene rings is 1. The molecule has 0 aliphatic rings. The normalized spacial score (nSPS) is 11.2. The fourth-order valence-corrected chi connectivity index (χ4v) is 3.65. The van der Waals surface area contributed by atoms with Crippen LogP contribution in [0.1, 0.15) is 13.8 Å². The molecule has 154 valence electrons. The molecule has 3 N–H and O–H groups in total. The lowest BCUT2D eigenvalue weighted by molar-refractivity contribution is 0.205. The zero-order valence-electron chi connectivity index (χ0n) is 16.4. The van der Waals surface area contributed by atoms with Crippen molar-refractivity contribution in [2.24, 2.45) is 5.92 Å². The van der Waals surface area contributed by atoms with E-state index in [1.54, 1.807) is 31.0 Å². The van der Waals surface area contributed by atoms with Crippen LogP contribution in [0.5, 0.6) is 0 Å². The highest BCUT2D eigenvalue weighted by Crippen LogP contribution is 2.21. The third-order valence-electron chi connectivity index (χ3n) is 4.09. The number of hydrogen-bond donors (Lipinski definition) is 2. The highest BCUT2D eigenvalue weighted by molar-refractivity contribution is 7.99. The number of thioether (sulfide) groups is 1. The van der Waals surface area contributed by atoms with Gasteiger partial charge in [-0.2, -0.15) is 0 Å². The molecule has 9 heteroatoms. The van der Waals surface area contributed by atoms with Crippen molar-refractivity contribution in [2.45, 2.75) is 25.3 Å². The number of methoxy groups -OCH3 is 1. The van der Waals surface area contributed by atoms with Gasteiger partial charge in [0.15, 0.2) is 0 Å². The van der Waals surface area contributed by atoms with Gasteiger partial charge in [0.1, 0.15) is 17.3 Å². The van der Waals surface area contributed by atoms with Crippen LogP contribution < -0.4 is 21.9 Å². The Bertz CT molecular complexity index is 880. The summed E-state index contributed by atoms with van der Waals surface area (Å²) in [7, 11) is 1.58. The lowest BCUT2D eigenvalue weighted by atomic mass is 10.2.